The summed E-state index contributed by atoms with van der Waals surface area (Å²) in [7, 11) is 0. The molecule has 1 aromatic heterocycles. The average Bonchev–Trinajstić information content (AvgIpc) is 3.24. The van der Waals surface area contributed by atoms with E-state index in [4.69, 9.17) is 11.6 Å². The summed E-state index contributed by atoms with van der Waals surface area (Å²) in [6.45, 7) is 2.76. The first-order valence-corrected chi connectivity index (χ1v) is 12.3. The smallest absolute Gasteiger partial charge is 0.298 e. The topological polar surface area (TPSA) is 42.3 Å². The number of carbonyl (C=O) groups excluding carboxylic acids is 2. The van der Waals surface area contributed by atoms with Crippen molar-refractivity contribution in [3.05, 3.63) is 104 Å². The van der Waals surface area contributed by atoms with Gasteiger partial charge in [0, 0.05) is 38.2 Å². The summed E-state index contributed by atoms with van der Waals surface area (Å²) in [6, 6.07) is 23.1. The predicted molar refractivity (Wildman–Crippen MR) is 140 cm³/mol. The number of thioether (sulfide) groups is 1. The maximum absolute atomic E-state index is 13.2. The Morgan fingerprint density at radius 2 is 1.67 bits per heavy atom. The third-order valence-electron chi connectivity index (χ3n) is 5.69. The van der Waals surface area contributed by atoms with Gasteiger partial charge in [0.15, 0.2) is 0 Å². The highest BCUT2D eigenvalue weighted by molar-refractivity contribution is 9.10. The summed E-state index contributed by atoms with van der Waals surface area (Å²) < 4.78 is 3.28. The fraction of sp³-hybridized carbons (Fsp3) is 0.0769. The molecule has 2 heterocycles. The van der Waals surface area contributed by atoms with E-state index in [0.29, 0.717) is 22.2 Å². The van der Waals surface area contributed by atoms with Crippen molar-refractivity contribution >= 4 is 73.1 Å². The molecule has 1 aliphatic rings. The second kappa shape index (κ2) is 8.86. The molecule has 7 heteroatoms. The van der Waals surface area contributed by atoms with E-state index in [-0.39, 0.29) is 11.1 Å². The summed E-state index contributed by atoms with van der Waals surface area (Å²) in [4.78, 5) is 27.4. The highest BCUT2D eigenvalue weighted by atomic mass is 79.9. The Hall–Kier alpha value is -2.80. The predicted octanol–water partition coefficient (Wildman–Crippen LogP) is 7.65. The number of rotatable bonds is 4. The van der Waals surface area contributed by atoms with E-state index in [2.05, 4.69) is 44.8 Å². The highest BCUT2D eigenvalue weighted by Crippen LogP contribution is 2.38. The first kappa shape index (κ1) is 22.0. The lowest BCUT2D eigenvalue weighted by molar-refractivity contribution is -0.113. The highest BCUT2D eigenvalue weighted by Gasteiger charge is 2.36. The van der Waals surface area contributed by atoms with Gasteiger partial charge in [-0.2, -0.15) is 0 Å². The number of nitrogens with zero attached hydrogens (tertiary/aromatic N) is 2. The van der Waals surface area contributed by atoms with E-state index in [1.165, 1.54) is 10.5 Å². The van der Waals surface area contributed by atoms with E-state index in [1.807, 2.05) is 37.3 Å². The van der Waals surface area contributed by atoms with Gasteiger partial charge in [-0.1, -0.05) is 57.9 Å². The fourth-order valence-corrected chi connectivity index (χ4v) is 5.24. The quantitative estimate of drug-likeness (QED) is 0.251. The molecule has 1 aliphatic heterocycles. The number of halogens is 2. The van der Waals surface area contributed by atoms with Crippen molar-refractivity contribution in [2.45, 2.75) is 13.5 Å². The van der Waals surface area contributed by atoms with Crippen molar-refractivity contribution in [3.63, 3.8) is 0 Å². The van der Waals surface area contributed by atoms with E-state index in [9.17, 15) is 9.59 Å². The Bertz CT molecular complexity index is 1430. The number of amides is 2. The molecule has 33 heavy (non-hydrogen) atoms. The zero-order valence-electron chi connectivity index (χ0n) is 17.6. The van der Waals surface area contributed by atoms with E-state index in [0.717, 1.165) is 38.4 Å². The Morgan fingerprint density at radius 3 is 2.39 bits per heavy atom. The molecule has 0 radical (unpaired) electrons. The molecule has 164 valence electrons. The van der Waals surface area contributed by atoms with Gasteiger partial charge in [-0.3, -0.25) is 9.59 Å². The van der Waals surface area contributed by atoms with Crippen LogP contribution in [-0.2, 0) is 11.3 Å². The number of para-hydroxylation sites is 1. The van der Waals surface area contributed by atoms with Gasteiger partial charge in [0.25, 0.3) is 11.1 Å². The molecule has 4 aromatic rings. The minimum atomic E-state index is -0.323. The maximum Gasteiger partial charge on any atom is 0.298 e. The second-order valence-corrected chi connectivity index (χ2v) is 10.1. The fourth-order valence-electron chi connectivity index (χ4n) is 4.03. The largest absolute Gasteiger partial charge is 0.340 e. The van der Waals surface area contributed by atoms with Crippen molar-refractivity contribution < 1.29 is 9.59 Å². The van der Waals surface area contributed by atoms with Gasteiger partial charge in [-0.25, -0.2) is 4.90 Å². The lowest BCUT2D eigenvalue weighted by Crippen LogP contribution is -2.27. The molecular weight excluding hydrogens is 520 g/mol. The molecule has 4 nitrogen and oxygen atoms in total. The van der Waals surface area contributed by atoms with Gasteiger partial charge in [-0.15, -0.1) is 0 Å². The monoisotopic (exact) mass is 536 g/mol. The van der Waals surface area contributed by atoms with Crippen LogP contribution in [0.2, 0.25) is 5.02 Å². The van der Waals surface area contributed by atoms with Crippen LogP contribution in [0.5, 0.6) is 0 Å². The molecule has 0 atom stereocenters. The number of anilines is 1. The van der Waals surface area contributed by atoms with Gasteiger partial charge >= 0.3 is 0 Å². The third kappa shape index (κ3) is 4.14. The van der Waals surface area contributed by atoms with Crippen LogP contribution in [0.15, 0.2) is 82.2 Å². The number of benzene rings is 3. The van der Waals surface area contributed by atoms with Crippen LogP contribution in [0.3, 0.4) is 0 Å². The Balaban J connectivity index is 1.56. The third-order valence-corrected chi connectivity index (χ3v) is 7.34. The molecular formula is C26H18BrClN2O2S. The summed E-state index contributed by atoms with van der Waals surface area (Å²) >= 11 is 10.4. The molecule has 2 amide bonds. The molecule has 1 fully saturated rings. The van der Waals surface area contributed by atoms with Crippen molar-refractivity contribution in [3.8, 4) is 0 Å². The molecule has 5 rings (SSSR count). The van der Waals surface area contributed by atoms with E-state index >= 15 is 0 Å². The van der Waals surface area contributed by atoms with Crippen LogP contribution < -0.4 is 4.90 Å². The standard InChI is InChI=1S/C26H18BrClN2O2S/c1-16-22(14-24-25(31)30(26(32)33-24)20-12-10-19(28)11-13-20)21-4-2-3-5-23(21)29(16)15-17-6-8-18(27)9-7-17/h2-14H,15H2,1H3/b24-14+. The lowest BCUT2D eigenvalue weighted by atomic mass is 10.1. The zero-order chi connectivity index (χ0) is 23.1. The summed E-state index contributed by atoms with van der Waals surface area (Å²) in [5, 5.41) is 1.28. The molecule has 0 saturated carbocycles. The number of hydrogen-bond acceptors (Lipinski definition) is 3. The van der Waals surface area contributed by atoms with Crippen LogP contribution >= 0.6 is 39.3 Å². The van der Waals surface area contributed by atoms with Crippen LogP contribution in [-0.4, -0.2) is 15.7 Å². The van der Waals surface area contributed by atoms with E-state index in [1.54, 1.807) is 24.3 Å². The van der Waals surface area contributed by atoms with Crippen LogP contribution in [0, 0.1) is 6.92 Å². The summed E-state index contributed by atoms with van der Waals surface area (Å²) in [5.74, 6) is -0.323. The summed E-state index contributed by atoms with van der Waals surface area (Å²) in [5.41, 5.74) is 4.76. The maximum atomic E-state index is 13.2. The number of hydrogen-bond donors (Lipinski definition) is 0. The van der Waals surface area contributed by atoms with Crippen molar-refractivity contribution in [2.75, 3.05) is 4.90 Å². The number of carbonyl (C=O) groups is 2. The van der Waals surface area contributed by atoms with Crippen molar-refractivity contribution in [1.29, 1.82) is 0 Å². The van der Waals surface area contributed by atoms with Crippen LogP contribution in [0.25, 0.3) is 17.0 Å². The first-order chi connectivity index (χ1) is 15.9. The second-order valence-electron chi connectivity index (χ2n) is 7.72. The number of aromatic nitrogens is 1. The normalized spacial score (nSPS) is 15.2. The van der Waals surface area contributed by atoms with Gasteiger partial charge in [0.1, 0.15) is 0 Å². The van der Waals surface area contributed by atoms with Gasteiger partial charge < -0.3 is 4.57 Å². The van der Waals surface area contributed by atoms with Gasteiger partial charge in [-0.05, 0) is 72.8 Å². The Kier molecular flexibility index (Phi) is 5.91. The minimum Gasteiger partial charge on any atom is -0.340 e. The van der Waals surface area contributed by atoms with Gasteiger partial charge in [0.2, 0.25) is 0 Å². The van der Waals surface area contributed by atoms with Crippen molar-refractivity contribution in [2.24, 2.45) is 0 Å². The SMILES string of the molecule is Cc1c(/C=C2/SC(=O)N(c3ccc(Cl)cc3)C2=O)c2ccccc2n1Cc1ccc(Br)cc1. The molecule has 1 saturated heterocycles. The zero-order valence-corrected chi connectivity index (χ0v) is 20.7. The Labute approximate surface area is 209 Å². The average molecular weight is 538 g/mol. The first-order valence-electron chi connectivity index (χ1n) is 10.3. The minimum absolute atomic E-state index is 0.315. The molecule has 3 aromatic carbocycles. The molecule has 0 N–H and O–H groups in total. The Morgan fingerprint density at radius 1 is 0.970 bits per heavy atom. The van der Waals surface area contributed by atoms with Crippen LogP contribution in [0.1, 0.15) is 16.8 Å². The summed E-state index contributed by atoms with van der Waals surface area (Å²) in [6.07, 6.45) is 1.84. The van der Waals surface area contributed by atoms with Crippen LogP contribution in [0.4, 0.5) is 10.5 Å². The van der Waals surface area contributed by atoms with Gasteiger partial charge in [0.05, 0.1) is 10.6 Å². The number of fused-ring (bicyclic) bond motifs is 1. The lowest BCUT2D eigenvalue weighted by Gasteiger charge is -2.12. The van der Waals surface area contributed by atoms with Crippen molar-refractivity contribution in [1.82, 2.24) is 4.57 Å². The molecule has 0 aliphatic carbocycles. The van der Waals surface area contributed by atoms with E-state index < -0.39 is 0 Å². The molecule has 0 bridgehead atoms. The molecule has 0 spiro atoms. The molecule has 0 unspecified atom stereocenters. The number of imide groups is 1.